The molecule has 0 aromatic heterocycles. The smallest absolute Gasteiger partial charge is 0.142 e. The maximum atomic E-state index is 13.8. The van der Waals surface area contributed by atoms with Gasteiger partial charge in [-0.3, -0.25) is 0 Å². The lowest BCUT2D eigenvalue weighted by atomic mass is 10.00. The van der Waals surface area contributed by atoms with E-state index in [4.69, 9.17) is 9.47 Å². The molecule has 3 nitrogen and oxygen atoms in total. The summed E-state index contributed by atoms with van der Waals surface area (Å²) < 4.78 is 37.6. The van der Waals surface area contributed by atoms with Crippen LogP contribution in [0.25, 0.3) is 0 Å². The zero-order valence-corrected chi connectivity index (χ0v) is 12.9. The number of aliphatic hydroxyl groups excluding tert-OH is 1. The van der Waals surface area contributed by atoms with Crippen LogP contribution in [0, 0.1) is 11.6 Å². The molecule has 0 heterocycles. The first kappa shape index (κ1) is 15.7. The van der Waals surface area contributed by atoms with Gasteiger partial charge in [0.15, 0.2) is 0 Å². The number of hydrogen-bond acceptors (Lipinski definition) is 3. The Morgan fingerprint density at radius 1 is 1.05 bits per heavy atom. The quantitative estimate of drug-likeness (QED) is 0.902. The Bertz CT molecular complexity index is 662. The minimum atomic E-state index is -1.29. The fourth-order valence-electron chi connectivity index (χ4n) is 2.02. The first-order valence-electron chi connectivity index (χ1n) is 6.03. The number of halogens is 3. The van der Waals surface area contributed by atoms with E-state index in [1.54, 1.807) is 12.1 Å². The van der Waals surface area contributed by atoms with Crippen LogP contribution in [0.15, 0.2) is 34.8 Å². The van der Waals surface area contributed by atoms with E-state index in [1.807, 2.05) is 0 Å². The highest BCUT2D eigenvalue weighted by Gasteiger charge is 2.22. The second kappa shape index (κ2) is 6.41. The third-order valence-corrected chi connectivity index (χ3v) is 3.82. The van der Waals surface area contributed by atoms with E-state index >= 15 is 0 Å². The highest BCUT2D eigenvalue weighted by atomic mass is 79.9. The molecule has 1 N–H and O–H groups in total. The van der Waals surface area contributed by atoms with Crippen molar-refractivity contribution < 1.29 is 23.4 Å². The van der Waals surface area contributed by atoms with Crippen molar-refractivity contribution in [1.29, 1.82) is 0 Å². The van der Waals surface area contributed by atoms with Crippen molar-refractivity contribution in [1.82, 2.24) is 0 Å². The molecule has 6 heteroatoms. The molecule has 112 valence electrons. The van der Waals surface area contributed by atoms with Gasteiger partial charge in [0, 0.05) is 17.2 Å². The summed E-state index contributed by atoms with van der Waals surface area (Å²) in [5, 5.41) is 10.4. The molecule has 1 atom stereocenters. The minimum absolute atomic E-state index is 0.0354. The van der Waals surface area contributed by atoms with Crippen molar-refractivity contribution in [3.8, 4) is 11.5 Å². The number of ether oxygens (including phenoxy) is 2. The Labute approximate surface area is 129 Å². The molecule has 0 amide bonds. The molecule has 0 spiro atoms. The first-order chi connectivity index (χ1) is 9.99. The molecule has 0 aliphatic heterocycles. The van der Waals surface area contributed by atoms with E-state index in [0.717, 1.165) is 12.1 Å². The van der Waals surface area contributed by atoms with Crippen LogP contribution in [-0.4, -0.2) is 19.3 Å². The zero-order valence-electron chi connectivity index (χ0n) is 11.4. The molecule has 2 aromatic carbocycles. The van der Waals surface area contributed by atoms with Gasteiger partial charge in [-0.15, -0.1) is 0 Å². The lowest BCUT2D eigenvalue weighted by molar-refractivity contribution is 0.209. The van der Waals surface area contributed by atoms with Crippen molar-refractivity contribution in [2.45, 2.75) is 6.10 Å². The fourth-order valence-corrected chi connectivity index (χ4v) is 2.71. The standard InChI is InChI=1S/C15H13BrF2O3/c1-20-12-6-5-10(15(21-2)13(12)16)14(19)9-4-3-8(17)7-11(9)18/h3-7,14,19H,1-2H3. The molecule has 0 aliphatic rings. The molecule has 0 saturated heterocycles. The molecule has 0 aliphatic carbocycles. The average molecular weight is 359 g/mol. The second-order valence-electron chi connectivity index (χ2n) is 4.27. The highest BCUT2D eigenvalue weighted by Crippen LogP contribution is 2.41. The summed E-state index contributed by atoms with van der Waals surface area (Å²) in [5.41, 5.74) is 0.308. The summed E-state index contributed by atoms with van der Waals surface area (Å²) in [5.74, 6) is -0.684. The van der Waals surface area contributed by atoms with Crippen molar-refractivity contribution in [2.75, 3.05) is 14.2 Å². The third-order valence-electron chi connectivity index (χ3n) is 3.07. The van der Waals surface area contributed by atoms with E-state index < -0.39 is 17.7 Å². The van der Waals surface area contributed by atoms with Crippen LogP contribution in [0.1, 0.15) is 17.2 Å². The predicted molar refractivity (Wildman–Crippen MR) is 77.7 cm³/mol. The molecule has 2 aromatic rings. The summed E-state index contributed by atoms with van der Waals surface area (Å²) in [7, 11) is 2.92. The molecular weight excluding hydrogens is 346 g/mol. The Morgan fingerprint density at radius 2 is 1.71 bits per heavy atom. The number of rotatable bonds is 4. The first-order valence-corrected chi connectivity index (χ1v) is 6.82. The van der Waals surface area contributed by atoms with Gasteiger partial charge in [0.25, 0.3) is 0 Å². The summed E-state index contributed by atoms with van der Waals surface area (Å²) in [6, 6.07) is 6.20. The van der Waals surface area contributed by atoms with Gasteiger partial charge in [0.2, 0.25) is 0 Å². The van der Waals surface area contributed by atoms with Gasteiger partial charge in [-0.2, -0.15) is 0 Å². The van der Waals surface area contributed by atoms with Gasteiger partial charge in [-0.1, -0.05) is 6.07 Å². The molecule has 0 saturated carbocycles. The Balaban J connectivity index is 2.52. The average Bonchev–Trinajstić information content (AvgIpc) is 2.46. The molecular formula is C15H13BrF2O3. The van der Waals surface area contributed by atoms with E-state index in [1.165, 1.54) is 20.3 Å². The monoisotopic (exact) mass is 358 g/mol. The fraction of sp³-hybridized carbons (Fsp3) is 0.200. The van der Waals surface area contributed by atoms with Crippen LogP contribution >= 0.6 is 15.9 Å². The number of hydrogen-bond donors (Lipinski definition) is 1. The van der Waals surface area contributed by atoms with Gasteiger partial charge >= 0.3 is 0 Å². The summed E-state index contributed by atoms with van der Waals surface area (Å²) in [6.45, 7) is 0. The van der Waals surface area contributed by atoms with E-state index in [9.17, 15) is 13.9 Å². The van der Waals surface area contributed by atoms with Crippen molar-refractivity contribution in [3.63, 3.8) is 0 Å². The van der Waals surface area contributed by atoms with E-state index in [-0.39, 0.29) is 5.56 Å². The van der Waals surface area contributed by atoms with Gasteiger partial charge in [0.1, 0.15) is 33.7 Å². The van der Waals surface area contributed by atoms with E-state index in [2.05, 4.69) is 15.9 Å². The van der Waals surface area contributed by atoms with Crippen molar-refractivity contribution >= 4 is 15.9 Å². The topological polar surface area (TPSA) is 38.7 Å². The maximum Gasteiger partial charge on any atom is 0.142 e. The lowest BCUT2D eigenvalue weighted by Crippen LogP contribution is -2.06. The molecule has 0 bridgehead atoms. The Kier molecular flexibility index (Phi) is 4.80. The van der Waals surface area contributed by atoms with Gasteiger partial charge < -0.3 is 14.6 Å². The summed E-state index contributed by atoms with van der Waals surface area (Å²) in [6.07, 6.45) is -1.29. The minimum Gasteiger partial charge on any atom is -0.495 e. The summed E-state index contributed by atoms with van der Waals surface area (Å²) >= 11 is 3.31. The number of aliphatic hydroxyl groups is 1. The van der Waals surface area contributed by atoms with Crippen molar-refractivity contribution in [2.24, 2.45) is 0 Å². The maximum absolute atomic E-state index is 13.8. The van der Waals surface area contributed by atoms with Gasteiger partial charge in [-0.25, -0.2) is 8.78 Å². The zero-order chi connectivity index (χ0) is 15.6. The molecule has 0 fully saturated rings. The summed E-state index contributed by atoms with van der Waals surface area (Å²) in [4.78, 5) is 0. The van der Waals surface area contributed by atoms with Crippen LogP contribution < -0.4 is 9.47 Å². The van der Waals surface area contributed by atoms with Gasteiger partial charge in [-0.05, 0) is 34.1 Å². The molecule has 1 unspecified atom stereocenters. The normalized spacial score (nSPS) is 12.1. The van der Waals surface area contributed by atoms with Crippen LogP contribution in [0.3, 0.4) is 0 Å². The Hall–Kier alpha value is -1.66. The number of methoxy groups -OCH3 is 2. The van der Waals surface area contributed by atoms with Crippen LogP contribution in [0.4, 0.5) is 8.78 Å². The van der Waals surface area contributed by atoms with Crippen LogP contribution in [0.2, 0.25) is 0 Å². The predicted octanol–water partition coefficient (Wildman–Crippen LogP) is 3.83. The SMILES string of the molecule is COc1ccc(C(O)c2ccc(F)cc2F)c(OC)c1Br. The molecule has 0 radical (unpaired) electrons. The molecule has 2 rings (SSSR count). The van der Waals surface area contributed by atoms with Gasteiger partial charge in [0.05, 0.1) is 14.2 Å². The van der Waals surface area contributed by atoms with E-state index in [0.29, 0.717) is 21.5 Å². The lowest BCUT2D eigenvalue weighted by Gasteiger charge is -2.18. The molecule has 21 heavy (non-hydrogen) atoms. The van der Waals surface area contributed by atoms with Crippen LogP contribution in [0.5, 0.6) is 11.5 Å². The highest BCUT2D eigenvalue weighted by molar-refractivity contribution is 9.10. The largest absolute Gasteiger partial charge is 0.495 e. The second-order valence-corrected chi connectivity index (χ2v) is 5.07. The Morgan fingerprint density at radius 3 is 2.29 bits per heavy atom. The number of benzene rings is 2. The van der Waals surface area contributed by atoms with Crippen LogP contribution in [-0.2, 0) is 0 Å². The third kappa shape index (κ3) is 3.01. The van der Waals surface area contributed by atoms with Crippen molar-refractivity contribution in [3.05, 3.63) is 57.6 Å².